The van der Waals surface area contributed by atoms with E-state index in [1.807, 2.05) is 11.3 Å². The monoisotopic (exact) mass is 271 g/mol. The Morgan fingerprint density at radius 3 is 2.28 bits per heavy atom. The van der Waals surface area contributed by atoms with E-state index in [-0.39, 0.29) is 0 Å². The summed E-state index contributed by atoms with van der Waals surface area (Å²) in [5, 5.41) is 1.34. The second-order valence-electron chi connectivity index (χ2n) is 4.49. The van der Waals surface area contributed by atoms with Gasteiger partial charge in [-0.15, -0.1) is 11.3 Å². The van der Waals surface area contributed by atoms with Gasteiger partial charge >= 0.3 is 0 Å². The number of benzene rings is 2. The zero-order valence-corrected chi connectivity index (χ0v) is 12.1. The molecule has 0 bridgehead atoms. The summed E-state index contributed by atoms with van der Waals surface area (Å²) in [6, 6.07) is 19.8. The molecule has 0 aliphatic carbocycles. The maximum absolute atomic E-state index is 2.28. The maximum Gasteiger partial charge on any atom is 0.154 e. The highest BCUT2D eigenvalue weighted by Gasteiger charge is 2.09. The minimum atomic E-state index is 0.345. The van der Waals surface area contributed by atoms with Gasteiger partial charge in [0.05, 0.1) is 0 Å². The molecule has 0 nitrogen and oxygen atoms in total. The topological polar surface area (TPSA) is 0 Å². The van der Waals surface area contributed by atoms with Gasteiger partial charge in [-0.3, -0.25) is 0 Å². The predicted molar refractivity (Wildman–Crippen MR) is 84.7 cm³/mol. The van der Waals surface area contributed by atoms with E-state index in [4.69, 9.17) is 0 Å². The predicted octanol–water partition coefficient (Wildman–Crippen LogP) is 4.81. The molecule has 0 saturated heterocycles. The number of rotatable bonds is 2. The first kappa shape index (κ1) is 11.8. The highest BCUT2D eigenvalue weighted by molar-refractivity contribution is 7.95. The summed E-state index contributed by atoms with van der Waals surface area (Å²) in [5.74, 6) is 0. The van der Waals surface area contributed by atoms with Gasteiger partial charge in [-0.05, 0) is 47.3 Å². The van der Waals surface area contributed by atoms with Crippen LogP contribution in [0.4, 0.5) is 0 Å². The first-order valence-corrected chi connectivity index (χ1v) is 8.76. The van der Waals surface area contributed by atoms with Gasteiger partial charge in [0.1, 0.15) is 12.5 Å². The van der Waals surface area contributed by atoms with E-state index in [9.17, 15) is 0 Å². The summed E-state index contributed by atoms with van der Waals surface area (Å²) in [4.78, 5) is 2.79. The molecule has 3 rings (SSSR count). The molecule has 0 fully saturated rings. The lowest BCUT2D eigenvalue weighted by atomic mass is 10.1. The SMILES string of the molecule is C[S+](C)c1ccc(-c2cc3ccccc3s2)cc1. The molecule has 0 aliphatic heterocycles. The van der Waals surface area contributed by atoms with Gasteiger partial charge in [-0.2, -0.15) is 0 Å². The van der Waals surface area contributed by atoms with Crippen molar-refractivity contribution in [1.29, 1.82) is 0 Å². The van der Waals surface area contributed by atoms with Crippen molar-refractivity contribution in [2.45, 2.75) is 4.90 Å². The molecular formula is C16H15S2+. The van der Waals surface area contributed by atoms with E-state index in [2.05, 4.69) is 67.1 Å². The Morgan fingerprint density at radius 1 is 0.889 bits per heavy atom. The second kappa shape index (κ2) is 4.79. The molecule has 3 aromatic rings. The van der Waals surface area contributed by atoms with Gasteiger partial charge in [0, 0.05) is 20.5 Å². The van der Waals surface area contributed by atoms with Crippen LogP contribution in [0.5, 0.6) is 0 Å². The summed E-state index contributed by atoms with van der Waals surface area (Å²) in [7, 11) is 0.345. The molecule has 1 heterocycles. The number of thiophene rings is 1. The molecule has 0 saturated carbocycles. The molecule has 0 radical (unpaired) electrons. The number of fused-ring (bicyclic) bond motifs is 1. The van der Waals surface area contributed by atoms with E-state index >= 15 is 0 Å². The molecule has 0 aliphatic rings. The Morgan fingerprint density at radius 2 is 1.61 bits per heavy atom. The van der Waals surface area contributed by atoms with Gasteiger partial charge in [0.15, 0.2) is 4.90 Å². The van der Waals surface area contributed by atoms with E-state index in [0.29, 0.717) is 10.9 Å². The van der Waals surface area contributed by atoms with Crippen LogP contribution in [0.1, 0.15) is 0 Å². The first-order valence-electron chi connectivity index (χ1n) is 5.90. The fraction of sp³-hybridized carbons (Fsp3) is 0.125. The third-order valence-electron chi connectivity index (χ3n) is 3.04. The van der Waals surface area contributed by atoms with Crippen LogP contribution in [0.25, 0.3) is 20.5 Å². The van der Waals surface area contributed by atoms with Gasteiger partial charge in [-0.25, -0.2) is 0 Å². The van der Waals surface area contributed by atoms with Gasteiger partial charge in [0.2, 0.25) is 0 Å². The summed E-state index contributed by atoms with van der Waals surface area (Å²) in [5.41, 5.74) is 1.32. The van der Waals surface area contributed by atoms with Crippen molar-refractivity contribution in [3.05, 3.63) is 54.6 Å². The minimum Gasteiger partial charge on any atom is -0.135 e. The number of hydrogen-bond donors (Lipinski definition) is 0. The van der Waals surface area contributed by atoms with E-state index < -0.39 is 0 Å². The minimum absolute atomic E-state index is 0.345. The fourth-order valence-electron chi connectivity index (χ4n) is 2.02. The van der Waals surface area contributed by atoms with Crippen LogP contribution in [0.2, 0.25) is 0 Å². The van der Waals surface area contributed by atoms with Crippen molar-refractivity contribution >= 4 is 32.3 Å². The van der Waals surface area contributed by atoms with Crippen LogP contribution >= 0.6 is 11.3 Å². The van der Waals surface area contributed by atoms with Crippen molar-refractivity contribution in [1.82, 2.24) is 0 Å². The molecule has 18 heavy (non-hydrogen) atoms. The van der Waals surface area contributed by atoms with Crippen LogP contribution in [-0.4, -0.2) is 12.5 Å². The lowest BCUT2D eigenvalue weighted by molar-refractivity contribution is 1.45. The summed E-state index contributed by atoms with van der Waals surface area (Å²) < 4.78 is 1.36. The normalized spacial score (nSPS) is 11.3. The van der Waals surface area contributed by atoms with Crippen molar-refractivity contribution in [3.63, 3.8) is 0 Å². The van der Waals surface area contributed by atoms with Gasteiger partial charge < -0.3 is 0 Å². The molecule has 0 spiro atoms. The van der Waals surface area contributed by atoms with Crippen LogP contribution in [0.15, 0.2) is 59.5 Å². The molecule has 0 amide bonds. The Balaban J connectivity index is 2.03. The summed E-state index contributed by atoms with van der Waals surface area (Å²) in [6.45, 7) is 0. The third kappa shape index (κ3) is 2.18. The fourth-order valence-corrected chi connectivity index (χ4v) is 3.76. The van der Waals surface area contributed by atoms with Crippen molar-refractivity contribution in [2.75, 3.05) is 12.5 Å². The zero-order chi connectivity index (χ0) is 12.5. The molecule has 1 aromatic heterocycles. The highest BCUT2D eigenvalue weighted by atomic mass is 32.2. The highest BCUT2D eigenvalue weighted by Crippen LogP contribution is 2.33. The van der Waals surface area contributed by atoms with E-state index in [1.54, 1.807) is 0 Å². The molecule has 2 aromatic carbocycles. The standard InChI is InChI=1S/C16H15S2/c1-18(2)14-9-7-12(8-10-14)16-11-13-5-3-4-6-15(13)17-16/h3-11H,1-2H3/q+1. The van der Waals surface area contributed by atoms with Gasteiger partial charge in [0.25, 0.3) is 0 Å². The molecule has 2 heteroatoms. The Labute approximate surface area is 115 Å². The third-order valence-corrected chi connectivity index (χ3v) is 5.42. The molecule has 0 unspecified atom stereocenters. The Hall–Kier alpha value is -1.25. The first-order chi connectivity index (χ1) is 8.74. The maximum atomic E-state index is 2.28. The average Bonchev–Trinajstić information content (AvgIpc) is 2.82. The van der Waals surface area contributed by atoms with Crippen LogP contribution in [0.3, 0.4) is 0 Å². The largest absolute Gasteiger partial charge is 0.154 e. The van der Waals surface area contributed by atoms with E-state index in [0.717, 1.165) is 0 Å². The van der Waals surface area contributed by atoms with Crippen molar-refractivity contribution in [3.8, 4) is 10.4 Å². The van der Waals surface area contributed by atoms with Crippen LogP contribution < -0.4 is 0 Å². The molecule has 0 N–H and O–H groups in total. The van der Waals surface area contributed by atoms with Crippen molar-refractivity contribution in [2.24, 2.45) is 0 Å². The summed E-state index contributed by atoms with van der Waals surface area (Å²) in [6.07, 6.45) is 4.52. The molecule has 90 valence electrons. The van der Waals surface area contributed by atoms with Crippen molar-refractivity contribution < 1.29 is 0 Å². The molecular weight excluding hydrogens is 256 g/mol. The average molecular weight is 271 g/mol. The Kier molecular flexibility index (Phi) is 3.14. The lowest BCUT2D eigenvalue weighted by Gasteiger charge is -1.99. The van der Waals surface area contributed by atoms with E-state index in [1.165, 1.54) is 25.4 Å². The van der Waals surface area contributed by atoms with Crippen LogP contribution in [0, 0.1) is 0 Å². The van der Waals surface area contributed by atoms with Gasteiger partial charge in [-0.1, -0.05) is 18.2 Å². The smallest absolute Gasteiger partial charge is 0.135 e. The second-order valence-corrected chi connectivity index (χ2v) is 7.68. The lowest BCUT2D eigenvalue weighted by Crippen LogP contribution is -1.94. The quantitative estimate of drug-likeness (QED) is 0.587. The van der Waals surface area contributed by atoms with Crippen LogP contribution in [-0.2, 0) is 10.9 Å². The Bertz CT molecular complexity index is 630. The zero-order valence-electron chi connectivity index (χ0n) is 10.5. The number of hydrogen-bond acceptors (Lipinski definition) is 1. The molecule has 0 atom stereocenters. The summed E-state index contributed by atoms with van der Waals surface area (Å²) >= 11 is 1.87.